The zero-order chi connectivity index (χ0) is 13.9. The van der Waals surface area contributed by atoms with E-state index in [2.05, 4.69) is 4.74 Å². The lowest BCUT2D eigenvalue weighted by Gasteiger charge is -2.12. The van der Waals surface area contributed by atoms with E-state index in [9.17, 15) is 13.2 Å². The highest BCUT2D eigenvalue weighted by atomic mass is 35.5. The second kappa shape index (κ2) is 5.84. The van der Waals surface area contributed by atoms with Gasteiger partial charge in [-0.05, 0) is 46.5 Å². The van der Waals surface area contributed by atoms with Gasteiger partial charge in [0, 0.05) is 0 Å². The fraction of sp³-hybridized carbons (Fsp3) is 0.231. The highest BCUT2D eigenvalue weighted by Crippen LogP contribution is 2.30. The van der Waals surface area contributed by atoms with Crippen molar-refractivity contribution in [1.29, 1.82) is 0 Å². The fourth-order valence-corrected chi connectivity index (χ4v) is 2.64. The topological polar surface area (TPSA) is 9.23 Å². The molecule has 102 valence electrons. The zero-order valence-corrected chi connectivity index (χ0v) is 11.2. The summed E-state index contributed by atoms with van der Waals surface area (Å²) in [6.07, 6.45) is -4.12. The molecule has 1 heterocycles. The lowest BCUT2D eigenvalue weighted by atomic mass is 10.1. The van der Waals surface area contributed by atoms with E-state index in [4.69, 9.17) is 11.6 Å². The van der Waals surface area contributed by atoms with Crippen molar-refractivity contribution in [3.05, 3.63) is 52.2 Å². The van der Waals surface area contributed by atoms with Gasteiger partial charge in [0.2, 0.25) is 0 Å². The molecule has 0 aliphatic carbocycles. The monoisotopic (exact) mass is 306 g/mol. The Labute approximate surface area is 117 Å². The van der Waals surface area contributed by atoms with E-state index in [1.807, 2.05) is 16.8 Å². The maximum atomic E-state index is 12.1. The number of rotatable bonds is 4. The SMILES string of the molecule is FC(F)(F)Oc1cccc(C(Cl)Cc2ccsc2)c1. The molecular formula is C13H10ClF3OS. The number of benzene rings is 1. The van der Waals surface area contributed by atoms with E-state index in [0.717, 1.165) is 5.56 Å². The Kier molecular flexibility index (Phi) is 4.37. The average Bonchev–Trinajstić information content (AvgIpc) is 2.80. The molecule has 0 spiro atoms. The van der Waals surface area contributed by atoms with Crippen molar-refractivity contribution in [3.8, 4) is 5.75 Å². The van der Waals surface area contributed by atoms with Gasteiger partial charge in [0.05, 0.1) is 5.38 Å². The highest BCUT2D eigenvalue weighted by Gasteiger charge is 2.31. The molecule has 0 radical (unpaired) electrons. The van der Waals surface area contributed by atoms with Gasteiger partial charge < -0.3 is 4.74 Å². The molecule has 0 aliphatic rings. The number of hydrogen-bond acceptors (Lipinski definition) is 2. The molecule has 0 amide bonds. The van der Waals surface area contributed by atoms with Crippen molar-refractivity contribution in [2.75, 3.05) is 0 Å². The normalized spacial score (nSPS) is 13.3. The molecule has 1 aromatic heterocycles. The van der Waals surface area contributed by atoms with Crippen LogP contribution >= 0.6 is 22.9 Å². The molecule has 0 saturated heterocycles. The summed E-state index contributed by atoms with van der Waals surface area (Å²) < 4.78 is 40.2. The van der Waals surface area contributed by atoms with Gasteiger partial charge in [-0.2, -0.15) is 11.3 Å². The molecule has 0 aliphatic heterocycles. The van der Waals surface area contributed by atoms with Crippen LogP contribution in [0.25, 0.3) is 0 Å². The second-order valence-electron chi connectivity index (χ2n) is 3.92. The summed E-state index contributed by atoms with van der Waals surface area (Å²) in [6, 6.07) is 7.70. The molecule has 1 nitrogen and oxygen atoms in total. The standard InChI is InChI=1S/C13H10ClF3OS/c14-12(6-9-4-5-19-8-9)10-2-1-3-11(7-10)18-13(15,16)17/h1-5,7-8,12H,6H2. The minimum atomic E-state index is -4.69. The van der Waals surface area contributed by atoms with E-state index in [0.29, 0.717) is 12.0 Å². The third-order valence-corrected chi connectivity index (χ3v) is 3.59. The van der Waals surface area contributed by atoms with E-state index in [1.165, 1.54) is 18.2 Å². The summed E-state index contributed by atoms with van der Waals surface area (Å²) in [7, 11) is 0. The first-order chi connectivity index (χ1) is 8.94. The van der Waals surface area contributed by atoms with Gasteiger partial charge in [0.1, 0.15) is 5.75 Å². The fourth-order valence-electron chi connectivity index (χ4n) is 1.64. The maximum Gasteiger partial charge on any atom is 0.573 e. The predicted molar refractivity (Wildman–Crippen MR) is 69.7 cm³/mol. The Morgan fingerprint density at radius 1 is 1.26 bits per heavy atom. The molecule has 0 fully saturated rings. The summed E-state index contributed by atoms with van der Waals surface area (Å²) in [5, 5.41) is 3.51. The van der Waals surface area contributed by atoms with Gasteiger partial charge in [-0.3, -0.25) is 0 Å². The molecule has 0 saturated carbocycles. The van der Waals surface area contributed by atoms with E-state index in [1.54, 1.807) is 17.4 Å². The molecule has 2 rings (SSSR count). The predicted octanol–water partition coefficient (Wildman–Crippen LogP) is 5.17. The van der Waals surface area contributed by atoms with Crippen LogP contribution in [0.4, 0.5) is 13.2 Å². The van der Waals surface area contributed by atoms with Crippen molar-refractivity contribution in [2.24, 2.45) is 0 Å². The Bertz CT molecular complexity index is 525. The van der Waals surface area contributed by atoms with Crippen LogP contribution in [0.3, 0.4) is 0 Å². The molecular weight excluding hydrogens is 297 g/mol. The number of hydrogen-bond donors (Lipinski definition) is 0. The minimum Gasteiger partial charge on any atom is -0.406 e. The first-order valence-electron chi connectivity index (χ1n) is 5.45. The van der Waals surface area contributed by atoms with E-state index >= 15 is 0 Å². The van der Waals surface area contributed by atoms with Gasteiger partial charge in [-0.15, -0.1) is 24.8 Å². The summed E-state index contributed by atoms with van der Waals surface area (Å²) in [6.45, 7) is 0. The van der Waals surface area contributed by atoms with Gasteiger partial charge in [0.15, 0.2) is 0 Å². The number of alkyl halides is 4. The van der Waals surface area contributed by atoms with Gasteiger partial charge in [-0.1, -0.05) is 12.1 Å². The summed E-state index contributed by atoms with van der Waals surface area (Å²) in [5.41, 5.74) is 1.67. The molecule has 1 atom stereocenters. The lowest BCUT2D eigenvalue weighted by Crippen LogP contribution is -2.17. The zero-order valence-electron chi connectivity index (χ0n) is 9.65. The Morgan fingerprint density at radius 3 is 2.68 bits per heavy atom. The van der Waals surface area contributed by atoms with Gasteiger partial charge in [-0.25, -0.2) is 0 Å². The van der Waals surface area contributed by atoms with Crippen LogP contribution in [0.1, 0.15) is 16.5 Å². The number of halogens is 4. The van der Waals surface area contributed by atoms with Crippen LogP contribution < -0.4 is 4.74 Å². The smallest absolute Gasteiger partial charge is 0.406 e. The van der Waals surface area contributed by atoms with Gasteiger partial charge in [0.25, 0.3) is 0 Å². The quantitative estimate of drug-likeness (QED) is 0.708. The van der Waals surface area contributed by atoms with Crippen LogP contribution in [0, 0.1) is 0 Å². The van der Waals surface area contributed by atoms with Gasteiger partial charge >= 0.3 is 6.36 Å². The van der Waals surface area contributed by atoms with Crippen molar-refractivity contribution in [1.82, 2.24) is 0 Å². The number of thiophene rings is 1. The number of ether oxygens (including phenoxy) is 1. The Hall–Kier alpha value is -1.20. The summed E-state index contributed by atoms with van der Waals surface area (Å²) in [5.74, 6) is -0.249. The molecule has 19 heavy (non-hydrogen) atoms. The van der Waals surface area contributed by atoms with Crippen LogP contribution in [-0.2, 0) is 6.42 Å². The highest BCUT2D eigenvalue weighted by molar-refractivity contribution is 7.07. The molecule has 0 N–H and O–H groups in total. The second-order valence-corrected chi connectivity index (χ2v) is 5.23. The van der Waals surface area contributed by atoms with Crippen molar-refractivity contribution in [2.45, 2.75) is 18.2 Å². The third-order valence-electron chi connectivity index (χ3n) is 2.45. The largest absolute Gasteiger partial charge is 0.573 e. The first kappa shape index (κ1) is 14.2. The minimum absolute atomic E-state index is 0.249. The van der Waals surface area contributed by atoms with Crippen LogP contribution in [0.2, 0.25) is 0 Å². The van der Waals surface area contributed by atoms with E-state index < -0.39 is 6.36 Å². The first-order valence-corrected chi connectivity index (χ1v) is 6.83. The summed E-state index contributed by atoms with van der Waals surface area (Å²) in [4.78, 5) is 0. The Balaban J connectivity index is 2.09. The maximum absolute atomic E-state index is 12.1. The lowest BCUT2D eigenvalue weighted by molar-refractivity contribution is -0.274. The molecule has 1 unspecified atom stereocenters. The molecule has 0 bridgehead atoms. The Morgan fingerprint density at radius 2 is 2.05 bits per heavy atom. The van der Waals surface area contributed by atoms with Crippen LogP contribution in [0.5, 0.6) is 5.75 Å². The average molecular weight is 307 g/mol. The van der Waals surface area contributed by atoms with E-state index in [-0.39, 0.29) is 11.1 Å². The molecule has 1 aromatic carbocycles. The third kappa shape index (κ3) is 4.44. The van der Waals surface area contributed by atoms with Crippen molar-refractivity contribution < 1.29 is 17.9 Å². The van der Waals surface area contributed by atoms with Crippen LogP contribution in [-0.4, -0.2) is 6.36 Å². The molecule has 2 aromatic rings. The van der Waals surface area contributed by atoms with Crippen LogP contribution in [0.15, 0.2) is 41.1 Å². The molecule has 6 heteroatoms. The summed E-state index contributed by atoms with van der Waals surface area (Å²) >= 11 is 7.76. The van der Waals surface area contributed by atoms with Crippen molar-refractivity contribution >= 4 is 22.9 Å². The van der Waals surface area contributed by atoms with Crippen molar-refractivity contribution in [3.63, 3.8) is 0 Å².